The first kappa shape index (κ1) is 13.1. The van der Waals surface area contributed by atoms with Crippen molar-refractivity contribution in [3.8, 4) is 6.07 Å². The molecular formula is C15H11ClN2O. The Morgan fingerprint density at radius 3 is 2.32 bits per heavy atom. The van der Waals surface area contributed by atoms with Crippen molar-refractivity contribution >= 4 is 23.2 Å². The van der Waals surface area contributed by atoms with Gasteiger partial charge >= 0.3 is 0 Å². The maximum atomic E-state index is 12.1. The molecule has 1 amide bonds. The third-order valence-electron chi connectivity index (χ3n) is 2.64. The molecule has 0 saturated heterocycles. The monoisotopic (exact) mass is 270 g/mol. The number of benzene rings is 2. The van der Waals surface area contributed by atoms with E-state index in [-0.39, 0.29) is 5.91 Å². The third kappa shape index (κ3) is 3.34. The number of anilines is 1. The average Bonchev–Trinajstić information content (AvgIpc) is 2.43. The Morgan fingerprint density at radius 2 is 1.74 bits per heavy atom. The fraction of sp³-hybridized carbons (Fsp3) is 0.0667. The average molecular weight is 271 g/mol. The topological polar surface area (TPSA) is 52.9 Å². The highest BCUT2D eigenvalue weighted by Gasteiger charge is 2.19. The zero-order valence-corrected chi connectivity index (χ0v) is 10.8. The Hall–Kier alpha value is -2.31. The molecule has 0 spiro atoms. The number of rotatable bonds is 3. The number of amides is 1. The molecule has 2 aromatic carbocycles. The predicted octanol–water partition coefficient (Wildman–Crippen LogP) is 3.59. The van der Waals surface area contributed by atoms with Gasteiger partial charge in [-0.15, -0.1) is 0 Å². The van der Waals surface area contributed by atoms with Gasteiger partial charge in [0.05, 0.1) is 6.07 Å². The summed E-state index contributed by atoms with van der Waals surface area (Å²) in [7, 11) is 0. The summed E-state index contributed by atoms with van der Waals surface area (Å²) in [5.41, 5.74) is 1.29. The molecule has 2 aromatic rings. The summed E-state index contributed by atoms with van der Waals surface area (Å²) in [4.78, 5) is 12.1. The van der Waals surface area contributed by atoms with Crippen LogP contribution in [-0.4, -0.2) is 5.91 Å². The van der Waals surface area contributed by atoms with E-state index in [0.29, 0.717) is 16.3 Å². The predicted molar refractivity (Wildman–Crippen MR) is 74.9 cm³/mol. The van der Waals surface area contributed by atoms with Gasteiger partial charge in [-0.2, -0.15) is 5.26 Å². The first-order valence-corrected chi connectivity index (χ1v) is 6.09. The van der Waals surface area contributed by atoms with Gasteiger partial charge in [-0.1, -0.05) is 41.9 Å². The van der Waals surface area contributed by atoms with Crippen LogP contribution in [0.5, 0.6) is 0 Å². The van der Waals surface area contributed by atoms with Crippen LogP contribution in [0.4, 0.5) is 5.69 Å². The molecule has 0 unspecified atom stereocenters. The van der Waals surface area contributed by atoms with Gasteiger partial charge in [0, 0.05) is 10.7 Å². The minimum Gasteiger partial charge on any atom is -0.325 e. The summed E-state index contributed by atoms with van der Waals surface area (Å²) >= 11 is 5.77. The van der Waals surface area contributed by atoms with E-state index in [0.717, 1.165) is 0 Å². The van der Waals surface area contributed by atoms with Gasteiger partial charge in [0.25, 0.3) is 0 Å². The Balaban J connectivity index is 2.14. The minimum atomic E-state index is -0.822. The van der Waals surface area contributed by atoms with E-state index in [2.05, 4.69) is 5.32 Å². The van der Waals surface area contributed by atoms with Crippen LogP contribution in [0.15, 0.2) is 54.6 Å². The van der Waals surface area contributed by atoms with Gasteiger partial charge in [-0.05, 0) is 29.8 Å². The lowest BCUT2D eigenvalue weighted by Gasteiger charge is -2.10. The molecule has 0 saturated carbocycles. The highest BCUT2D eigenvalue weighted by atomic mass is 35.5. The van der Waals surface area contributed by atoms with Crippen LogP contribution < -0.4 is 5.32 Å². The summed E-state index contributed by atoms with van der Waals surface area (Å²) in [6.07, 6.45) is 0. The van der Waals surface area contributed by atoms with E-state index in [9.17, 15) is 4.79 Å². The fourth-order valence-electron chi connectivity index (χ4n) is 1.68. The molecule has 0 fully saturated rings. The molecule has 94 valence electrons. The van der Waals surface area contributed by atoms with E-state index in [1.165, 1.54) is 0 Å². The lowest BCUT2D eigenvalue weighted by atomic mass is 10.00. The molecule has 0 heterocycles. The summed E-state index contributed by atoms with van der Waals surface area (Å²) in [6.45, 7) is 0. The van der Waals surface area contributed by atoms with E-state index in [1.807, 2.05) is 12.1 Å². The van der Waals surface area contributed by atoms with E-state index >= 15 is 0 Å². The molecule has 0 aliphatic heterocycles. The molecule has 0 aliphatic rings. The lowest BCUT2D eigenvalue weighted by molar-refractivity contribution is -0.116. The molecule has 3 nitrogen and oxygen atoms in total. The Bertz CT molecular complexity index is 602. The van der Waals surface area contributed by atoms with Crippen LogP contribution in [0.2, 0.25) is 5.02 Å². The molecule has 1 atom stereocenters. The van der Waals surface area contributed by atoms with Crippen molar-refractivity contribution in [1.29, 1.82) is 5.26 Å². The first-order valence-electron chi connectivity index (χ1n) is 5.71. The second kappa shape index (κ2) is 6.03. The van der Waals surface area contributed by atoms with Crippen molar-refractivity contribution in [1.82, 2.24) is 0 Å². The number of carbonyl (C=O) groups excluding carboxylic acids is 1. The molecule has 0 radical (unpaired) electrons. The second-order valence-corrected chi connectivity index (χ2v) is 4.41. The Labute approximate surface area is 116 Å². The maximum absolute atomic E-state index is 12.1. The van der Waals surface area contributed by atoms with Gasteiger partial charge in [-0.25, -0.2) is 0 Å². The van der Waals surface area contributed by atoms with Crippen molar-refractivity contribution in [2.75, 3.05) is 5.32 Å². The van der Waals surface area contributed by atoms with Gasteiger partial charge in [0.1, 0.15) is 0 Å². The summed E-state index contributed by atoms with van der Waals surface area (Å²) in [6, 6.07) is 17.7. The van der Waals surface area contributed by atoms with Gasteiger partial charge in [0.2, 0.25) is 5.91 Å². The maximum Gasteiger partial charge on any atom is 0.246 e. The van der Waals surface area contributed by atoms with Crippen LogP contribution >= 0.6 is 11.6 Å². The van der Waals surface area contributed by atoms with Gasteiger partial charge < -0.3 is 5.32 Å². The van der Waals surface area contributed by atoms with Crippen LogP contribution in [-0.2, 0) is 4.79 Å². The SMILES string of the molecule is N#C[C@@H](C(=O)Nc1ccc(Cl)cc1)c1ccccc1. The van der Waals surface area contributed by atoms with Crippen molar-refractivity contribution in [2.45, 2.75) is 5.92 Å². The normalized spacial score (nSPS) is 11.4. The number of nitriles is 1. The largest absolute Gasteiger partial charge is 0.325 e. The van der Waals surface area contributed by atoms with E-state index in [1.54, 1.807) is 48.5 Å². The number of halogens is 1. The molecular weight excluding hydrogens is 260 g/mol. The minimum absolute atomic E-state index is 0.351. The van der Waals surface area contributed by atoms with Crippen LogP contribution in [0.3, 0.4) is 0 Å². The van der Waals surface area contributed by atoms with Crippen LogP contribution in [0.1, 0.15) is 11.5 Å². The molecule has 2 rings (SSSR count). The quantitative estimate of drug-likeness (QED) is 0.927. The summed E-state index contributed by atoms with van der Waals surface area (Å²) in [5.74, 6) is -1.17. The number of carbonyl (C=O) groups is 1. The molecule has 0 bridgehead atoms. The first-order chi connectivity index (χ1) is 9.20. The zero-order chi connectivity index (χ0) is 13.7. The molecule has 0 aliphatic carbocycles. The fourth-order valence-corrected chi connectivity index (χ4v) is 1.80. The van der Waals surface area contributed by atoms with Gasteiger partial charge in [-0.3, -0.25) is 4.79 Å². The van der Waals surface area contributed by atoms with Crippen LogP contribution in [0, 0.1) is 11.3 Å². The highest BCUT2D eigenvalue weighted by molar-refractivity contribution is 6.30. The Morgan fingerprint density at radius 1 is 1.11 bits per heavy atom. The van der Waals surface area contributed by atoms with Crippen LogP contribution in [0.25, 0.3) is 0 Å². The van der Waals surface area contributed by atoms with E-state index in [4.69, 9.17) is 16.9 Å². The molecule has 0 aromatic heterocycles. The van der Waals surface area contributed by atoms with Crippen molar-refractivity contribution < 1.29 is 4.79 Å². The van der Waals surface area contributed by atoms with Crippen molar-refractivity contribution in [3.05, 3.63) is 65.2 Å². The molecule has 1 N–H and O–H groups in total. The van der Waals surface area contributed by atoms with E-state index < -0.39 is 5.92 Å². The van der Waals surface area contributed by atoms with Crippen molar-refractivity contribution in [2.24, 2.45) is 0 Å². The standard InChI is InChI=1S/C15H11ClN2O/c16-12-6-8-13(9-7-12)18-15(19)14(10-17)11-4-2-1-3-5-11/h1-9,14H,(H,18,19)/t14-/m1/s1. The summed E-state index contributed by atoms with van der Waals surface area (Å²) < 4.78 is 0. The highest BCUT2D eigenvalue weighted by Crippen LogP contribution is 2.19. The Kier molecular flexibility index (Phi) is 4.17. The van der Waals surface area contributed by atoms with Gasteiger partial charge in [0.15, 0.2) is 5.92 Å². The lowest BCUT2D eigenvalue weighted by Crippen LogP contribution is -2.19. The molecule has 19 heavy (non-hydrogen) atoms. The van der Waals surface area contributed by atoms with Crippen molar-refractivity contribution in [3.63, 3.8) is 0 Å². The summed E-state index contributed by atoms with van der Waals surface area (Å²) in [5, 5.41) is 12.4. The second-order valence-electron chi connectivity index (χ2n) is 3.97. The zero-order valence-electron chi connectivity index (χ0n) is 10.0. The third-order valence-corrected chi connectivity index (χ3v) is 2.89. The number of nitrogens with zero attached hydrogens (tertiary/aromatic N) is 1. The number of hydrogen-bond donors (Lipinski definition) is 1. The smallest absolute Gasteiger partial charge is 0.246 e. The number of hydrogen-bond acceptors (Lipinski definition) is 2. The molecule has 4 heteroatoms. The number of nitrogens with one attached hydrogen (secondary N) is 1.